The minimum Gasteiger partial charge on any atom is -0.354 e. The number of unbranched alkanes of at least 4 members (excludes halogenated alkanes) is 1. The van der Waals surface area contributed by atoms with Crippen LogP contribution in [0.3, 0.4) is 0 Å². The van der Waals surface area contributed by atoms with Crippen LogP contribution in [0.4, 0.5) is 0 Å². The van der Waals surface area contributed by atoms with Crippen LogP contribution in [-0.2, 0) is 21.9 Å². The summed E-state index contributed by atoms with van der Waals surface area (Å²) in [6.45, 7) is 4.83. The Morgan fingerprint density at radius 2 is 1.90 bits per heavy atom. The van der Waals surface area contributed by atoms with E-state index < -0.39 is 6.04 Å². The number of rotatable bonds is 11. The highest BCUT2D eigenvalue weighted by molar-refractivity contribution is 9.10. The van der Waals surface area contributed by atoms with Gasteiger partial charge in [0, 0.05) is 28.3 Å². The lowest BCUT2D eigenvalue weighted by Crippen LogP contribution is -2.48. The van der Waals surface area contributed by atoms with Crippen LogP contribution in [0.25, 0.3) is 0 Å². The molecule has 4 nitrogen and oxygen atoms in total. The average Bonchev–Trinajstić information content (AvgIpc) is 2.73. The van der Waals surface area contributed by atoms with Crippen LogP contribution in [-0.4, -0.2) is 35.1 Å². The molecule has 0 aliphatic rings. The maximum absolute atomic E-state index is 13.0. The van der Waals surface area contributed by atoms with E-state index in [1.165, 1.54) is 0 Å². The number of thioether (sulfide) groups is 1. The molecule has 1 atom stereocenters. The van der Waals surface area contributed by atoms with E-state index in [9.17, 15) is 9.59 Å². The number of nitrogens with zero attached hydrogens (tertiary/aromatic N) is 1. The summed E-state index contributed by atoms with van der Waals surface area (Å²) < 4.78 is 1.03. The van der Waals surface area contributed by atoms with Gasteiger partial charge >= 0.3 is 0 Å². The molecule has 0 saturated heterocycles. The first-order valence-electron chi connectivity index (χ1n) is 10.0. The van der Waals surface area contributed by atoms with Gasteiger partial charge in [0.2, 0.25) is 11.8 Å². The first-order chi connectivity index (χ1) is 14.4. The fraction of sp³-hybridized carbons (Fsp3) is 0.391. The Kier molecular flexibility index (Phi) is 10.8. The van der Waals surface area contributed by atoms with Crippen LogP contribution < -0.4 is 5.32 Å². The summed E-state index contributed by atoms with van der Waals surface area (Å²) in [6, 6.07) is 14.9. The van der Waals surface area contributed by atoms with Gasteiger partial charge in [-0.2, -0.15) is 0 Å². The predicted octanol–water partition coefficient (Wildman–Crippen LogP) is 5.67. The zero-order valence-electron chi connectivity index (χ0n) is 17.4. The molecule has 30 heavy (non-hydrogen) atoms. The van der Waals surface area contributed by atoms with Gasteiger partial charge in [-0.05, 0) is 48.7 Å². The normalized spacial score (nSPS) is 11.7. The van der Waals surface area contributed by atoms with Crippen LogP contribution in [0.2, 0.25) is 5.02 Å². The van der Waals surface area contributed by atoms with Gasteiger partial charge in [0.1, 0.15) is 6.04 Å². The maximum atomic E-state index is 13.0. The molecule has 0 saturated carbocycles. The number of nitrogens with one attached hydrogen (secondary N) is 1. The Bertz CT molecular complexity index is 832. The molecule has 0 spiro atoms. The van der Waals surface area contributed by atoms with Crippen molar-refractivity contribution in [1.29, 1.82) is 0 Å². The zero-order valence-corrected chi connectivity index (χ0v) is 20.5. The van der Waals surface area contributed by atoms with Crippen molar-refractivity contribution in [3.8, 4) is 0 Å². The molecule has 0 bridgehead atoms. The maximum Gasteiger partial charge on any atom is 0.242 e. The monoisotopic (exact) mass is 510 g/mol. The van der Waals surface area contributed by atoms with Crippen LogP contribution >= 0.6 is 39.3 Å². The van der Waals surface area contributed by atoms with Crippen molar-refractivity contribution in [3.05, 3.63) is 69.2 Å². The largest absolute Gasteiger partial charge is 0.354 e. The van der Waals surface area contributed by atoms with Crippen molar-refractivity contribution in [2.75, 3.05) is 12.3 Å². The number of hydrogen-bond donors (Lipinski definition) is 1. The van der Waals surface area contributed by atoms with Crippen LogP contribution in [0.15, 0.2) is 53.0 Å². The molecule has 0 fully saturated rings. The summed E-state index contributed by atoms with van der Waals surface area (Å²) >= 11 is 11.1. The van der Waals surface area contributed by atoms with E-state index in [0.717, 1.165) is 34.2 Å². The fourth-order valence-corrected chi connectivity index (χ4v) is 4.22. The van der Waals surface area contributed by atoms with Gasteiger partial charge in [-0.25, -0.2) is 0 Å². The van der Waals surface area contributed by atoms with Gasteiger partial charge in [-0.15, -0.1) is 11.8 Å². The molecule has 0 heterocycles. The molecule has 2 amide bonds. The average molecular weight is 512 g/mol. The highest BCUT2D eigenvalue weighted by Gasteiger charge is 2.25. The molecule has 0 aliphatic heterocycles. The smallest absolute Gasteiger partial charge is 0.242 e. The Hall–Kier alpha value is -1.50. The molecule has 1 N–H and O–H groups in total. The number of amides is 2. The third-order valence-electron chi connectivity index (χ3n) is 4.65. The molecule has 0 unspecified atom stereocenters. The lowest BCUT2D eigenvalue weighted by Gasteiger charge is -2.29. The summed E-state index contributed by atoms with van der Waals surface area (Å²) in [7, 11) is 0. The quantitative estimate of drug-likeness (QED) is 0.396. The van der Waals surface area contributed by atoms with Crippen molar-refractivity contribution >= 4 is 51.1 Å². The van der Waals surface area contributed by atoms with Gasteiger partial charge in [-0.1, -0.05) is 65.1 Å². The Balaban J connectivity index is 2.03. The summed E-state index contributed by atoms with van der Waals surface area (Å²) in [5.74, 6) is 0.858. The number of carbonyl (C=O) groups excluding carboxylic acids is 2. The topological polar surface area (TPSA) is 49.4 Å². The molecular weight excluding hydrogens is 484 g/mol. The molecule has 7 heteroatoms. The highest BCUT2D eigenvalue weighted by Crippen LogP contribution is 2.19. The molecule has 2 aromatic carbocycles. The van der Waals surface area contributed by atoms with Crippen molar-refractivity contribution in [1.82, 2.24) is 10.2 Å². The van der Waals surface area contributed by atoms with Crippen LogP contribution in [0.1, 0.15) is 37.8 Å². The van der Waals surface area contributed by atoms with E-state index in [4.69, 9.17) is 11.6 Å². The van der Waals surface area contributed by atoms with E-state index in [1.807, 2.05) is 42.5 Å². The van der Waals surface area contributed by atoms with Crippen molar-refractivity contribution < 1.29 is 9.59 Å². The van der Waals surface area contributed by atoms with Crippen molar-refractivity contribution in [2.45, 2.75) is 45.0 Å². The lowest BCUT2D eigenvalue weighted by atomic mass is 10.1. The summed E-state index contributed by atoms with van der Waals surface area (Å²) in [4.78, 5) is 27.3. The Morgan fingerprint density at radius 1 is 1.17 bits per heavy atom. The van der Waals surface area contributed by atoms with E-state index in [0.29, 0.717) is 23.9 Å². The third-order valence-corrected chi connectivity index (χ3v) is 6.40. The predicted molar refractivity (Wildman–Crippen MR) is 130 cm³/mol. The highest BCUT2D eigenvalue weighted by atomic mass is 79.9. The number of carbonyl (C=O) groups is 2. The molecular formula is C23H28BrClN2O2S. The minimum absolute atomic E-state index is 0.0600. The number of halogens is 2. The van der Waals surface area contributed by atoms with Gasteiger partial charge < -0.3 is 10.2 Å². The van der Waals surface area contributed by atoms with Gasteiger partial charge in [0.25, 0.3) is 0 Å². The molecule has 0 aliphatic carbocycles. The van der Waals surface area contributed by atoms with Gasteiger partial charge in [0.05, 0.1) is 5.75 Å². The van der Waals surface area contributed by atoms with E-state index in [1.54, 1.807) is 29.7 Å². The zero-order chi connectivity index (χ0) is 21.9. The lowest BCUT2D eigenvalue weighted by molar-refractivity contribution is -0.138. The van der Waals surface area contributed by atoms with E-state index in [2.05, 4.69) is 28.2 Å². The van der Waals surface area contributed by atoms with Crippen molar-refractivity contribution in [2.24, 2.45) is 0 Å². The van der Waals surface area contributed by atoms with Crippen LogP contribution in [0, 0.1) is 0 Å². The molecule has 0 radical (unpaired) electrons. The van der Waals surface area contributed by atoms with Gasteiger partial charge in [-0.3, -0.25) is 9.59 Å². The second-order valence-corrected chi connectivity index (χ2v) is 9.43. The summed E-state index contributed by atoms with van der Waals surface area (Å²) in [5.41, 5.74) is 2.06. The van der Waals surface area contributed by atoms with E-state index in [-0.39, 0.29) is 11.8 Å². The number of benzene rings is 2. The minimum atomic E-state index is -0.554. The standard InChI is InChI=1S/C23H28BrClN2O2S/c1-3-4-12-26-23(29)17(2)27(14-19-6-5-7-21(25)13-19)22(28)16-30-15-18-8-10-20(24)11-9-18/h5-11,13,17H,3-4,12,14-16H2,1-2H3,(H,26,29)/t17-/m1/s1. The summed E-state index contributed by atoms with van der Waals surface area (Å²) in [5, 5.41) is 3.55. The third kappa shape index (κ3) is 8.32. The Labute approximate surface area is 196 Å². The fourth-order valence-electron chi connectivity index (χ4n) is 2.87. The summed E-state index contributed by atoms with van der Waals surface area (Å²) in [6.07, 6.45) is 1.93. The molecule has 2 aromatic rings. The molecule has 2 rings (SSSR count). The van der Waals surface area contributed by atoms with Gasteiger partial charge in [0.15, 0.2) is 0 Å². The molecule has 0 aromatic heterocycles. The van der Waals surface area contributed by atoms with Crippen LogP contribution in [0.5, 0.6) is 0 Å². The second-order valence-electron chi connectivity index (χ2n) is 7.09. The molecule has 162 valence electrons. The number of hydrogen-bond acceptors (Lipinski definition) is 3. The van der Waals surface area contributed by atoms with E-state index >= 15 is 0 Å². The first kappa shape index (κ1) is 24.8. The van der Waals surface area contributed by atoms with Crippen molar-refractivity contribution in [3.63, 3.8) is 0 Å². The SMILES string of the molecule is CCCCNC(=O)[C@@H](C)N(Cc1cccc(Cl)c1)C(=O)CSCc1ccc(Br)cc1. The second kappa shape index (κ2) is 13.0. The Morgan fingerprint density at radius 3 is 2.57 bits per heavy atom. The first-order valence-corrected chi connectivity index (χ1v) is 12.4.